The number of carbonyl (C=O) groups excluding carboxylic acids is 1. The van der Waals surface area contributed by atoms with Gasteiger partial charge in [-0.2, -0.15) is 4.31 Å². The van der Waals surface area contributed by atoms with Crippen molar-refractivity contribution in [2.45, 2.75) is 42.9 Å². The Labute approximate surface area is 167 Å². The zero-order chi connectivity index (χ0) is 18.7. The zero-order valence-electron chi connectivity index (χ0n) is 14.8. The van der Waals surface area contributed by atoms with Gasteiger partial charge in [0.15, 0.2) is 0 Å². The van der Waals surface area contributed by atoms with Gasteiger partial charge in [0.1, 0.15) is 4.21 Å². The van der Waals surface area contributed by atoms with E-state index in [0.29, 0.717) is 36.7 Å². The van der Waals surface area contributed by atoms with Crippen molar-refractivity contribution in [3.8, 4) is 0 Å². The van der Waals surface area contributed by atoms with E-state index in [9.17, 15) is 13.2 Å². The topological polar surface area (TPSA) is 75.7 Å². The molecule has 2 fully saturated rings. The van der Waals surface area contributed by atoms with Crippen molar-refractivity contribution < 1.29 is 17.9 Å². The number of sulfonamides is 1. The second-order valence-corrected chi connectivity index (χ2v) is 11.6. The van der Waals surface area contributed by atoms with Gasteiger partial charge in [-0.1, -0.05) is 6.92 Å². The Balaban J connectivity index is 1.50. The molecule has 1 N–H and O–H groups in total. The van der Waals surface area contributed by atoms with Crippen molar-refractivity contribution in [2.75, 3.05) is 26.2 Å². The predicted octanol–water partition coefficient (Wildman–Crippen LogP) is 2.84. The van der Waals surface area contributed by atoms with Crippen LogP contribution in [0.4, 0.5) is 0 Å². The zero-order valence-corrected chi connectivity index (χ0v) is 18.0. The van der Waals surface area contributed by atoms with Gasteiger partial charge in [0, 0.05) is 32.2 Å². The normalized spacial score (nSPS) is 23.8. The highest BCUT2D eigenvalue weighted by molar-refractivity contribution is 9.11. The minimum atomic E-state index is -3.43. The average molecular weight is 465 g/mol. The number of thiophene rings is 1. The minimum absolute atomic E-state index is 0.0454. The average Bonchev–Trinajstić information content (AvgIpc) is 3.31. The summed E-state index contributed by atoms with van der Waals surface area (Å²) in [4.78, 5) is 12.4. The molecule has 2 atom stereocenters. The summed E-state index contributed by atoms with van der Waals surface area (Å²) in [5.74, 6) is 0.141. The summed E-state index contributed by atoms with van der Waals surface area (Å²) in [6, 6.07) is 3.39. The summed E-state index contributed by atoms with van der Waals surface area (Å²) in [6.07, 6.45) is 3.62. The molecule has 0 aromatic carbocycles. The Morgan fingerprint density at radius 3 is 2.69 bits per heavy atom. The summed E-state index contributed by atoms with van der Waals surface area (Å²) in [7, 11) is -3.43. The number of amides is 1. The lowest BCUT2D eigenvalue weighted by molar-refractivity contribution is -0.127. The SMILES string of the molecule is C[C@H](C(=O)NC[C@H]1CCCO1)C1CCN(S(=O)(=O)c2ccc(Br)s2)CC1. The number of carbonyl (C=O) groups is 1. The Kier molecular flexibility index (Phi) is 6.77. The Hall–Kier alpha value is -0.480. The number of nitrogens with zero attached hydrogens (tertiary/aromatic N) is 1. The molecule has 146 valence electrons. The lowest BCUT2D eigenvalue weighted by Crippen LogP contribution is -2.43. The second-order valence-electron chi connectivity index (χ2n) is 6.97. The molecule has 26 heavy (non-hydrogen) atoms. The third-order valence-electron chi connectivity index (χ3n) is 5.29. The summed E-state index contributed by atoms with van der Waals surface area (Å²) >= 11 is 4.54. The molecule has 1 amide bonds. The van der Waals surface area contributed by atoms with Crippen LogP contribution in [-0.2, 0) is 19.6 Å². The van der Waals surface area contributed by atoms with Gasteiger partial charge in [0.05, 0.1) is 9.89 Å². The predicted molar refractivity (Wildman–Crippen MR) is 105 cm³/mol. The number of halogens is 1. The van der Waals surface area contributed by atoms with Gasteiger partial charge in [-0.05, 0) is 59.7 Å². The molecule has 3 heterocycles. The third kappa shape index (κ3) is 4.67. The van der Waals surface area contributed by atoms with Crippen molar-refractivity contribution in [3.63, 3.8) is 0 Å². The first-order chi connectivity index (χ1) is 12.4. The van der Waals surface area contributed by atoms with Crippen LogP contribution in [0, 0.1) is 11.8 Å². The summed E-state index contributed by atoms with van der Waals surface area (Å²) in [5.41, 5.74) is 0. The quantitative estimate of drug-likeness (QED) is 0.701. The smallest absolute Gasteiger partial charge is 0.252 e. The maximum Gasteiger partial charge on any atom is 0.252 e. The van der Waals surface area contributed by atoms with Crippen LogP contribution in [0.3, 0.4) is 0 Å². The highest BCUT2D eigenvalue weighted by Gasteiger charge is 2.34. The molecule has 1 aromatic rings. The van der Waals surface area contributed by atoms with Gasteiger partial charge in [-0.15, -0.1) is 11.3 Å². The maximum atomic E-state index is 12.7. The van der Waals surface area contributed by atoms with Gasteiger partial charge < -0.3 is 10.1 Å². The van der Waals surface area contributed by atoms with E-state index >= 15 is 0 Å². The number of nitrogens with one attached hydrogen (secondary N) is 1. The molecule has 0 spiro atoms. The largest absolute Gasteiger partial charge is 0.376 e. The number of rotatable bonds is 6. The Morgan fingerprint density at radius 2 is 2.12 bits per heavy atom. The van der Waals surface area contributed by atoms with Crippen molar-refractivity contribution >= 4 is 43.2 Å². The van der Waals surface area contributed by atoms with E-state index in [0.717, 1.165) is 23.2 Å². The van der Waals surface area contributed by atoms with Gasteiger partial charge in [0.25, 0.3) is 10.0 Å². The number of ether oxygens (including phenoxy) is 1. The Morgan fingerprint density at radius 1 is 1.38 bits per heavy atom. The van der Waals surface area contributed by atoms with Crippen LogP contribution in [0.1, 0.15) is 32.6 Å². The molecule has 3 rings (SSSR count). The van der Waals surface area contributed by atoms with Gasteiger partial charge in [0.2, 0.25) is 5.91 Å². The Bertz CT molecular complexity index is 723. The van der Waals surface area contributed by atoms with E-state index in [1.54, 1.807) is 16.4 Å². The second kappa shape index (κ2) is 8.68. The summed E-state index contributed by atoms with van der Waals surface area (Å²) in [5, 5.41) is 2.99. The lowest BCUT2D eigenvalue weighted by Gasteiger charge is -2.33. The van der Waals surface area contributed by atoms with Crippen molar-refractivity contribution in [3.05, 3.63) is 15.9 Å². The first-order valence-corrected chi connectivity index (χ1v) is 12.1. The van der Waals surface area contributed by atoms with Crippen LogP contribution in [0.5, 0.6) is 0 Å². The molecule has 0 saturated carbocycles. The van der Waals surface area contributed by atoms with Crippen molar-refractivity contribution in [1.82, 2.24) is 9.62 Å². The fraction of sp³-hybridized carbons (Fsp3) is 0.706. The molecule has 0 unspecified atom stereocenters. The maximum absolute atomic E-state index is 12.7. The van der Waals surface area contributed by atoms with Gasteiger partial charge in [-0.3, -0.25) is 4.79 Å². The van der Waals surface area contributed by atoms with Crippen molar-refractivity contribution in [1.29, 1.82) is 0 Å². The fourth-order valence-electron chi connectivity index (χ4n) is 3.57. The molecule has 0 bridgehead atoms. The summed E-state index contributed by atoms with van der Waals surface area (Å²) in [6.45, 7) is 4.22. The van der Waals surface area contributed by atoms with Crippen LogP contribution in [0.2, 0.25) is 0 Å². The van der Waals surface area contributed by atoms with E-state index in [1.165, 1.54) is 11.3 Å². The number of hydrogen-bond donors (Lipinski definition) is 1. The fourth-order valence-corrected chi connectivity index (χ4v) is 7.21. The van der Waals surface area contributed by atoms with Crippen molar-refractivity contribution in [2.24, 2.45) is 11.8 Å². The molecule has 2 aliphatic heterocycles. The monoisotopic (exact) mass is 464 g/mol. The molecule has 0 radical (unpaired) electrons. The number of piperidine rings is 1. The van der Waals surface area contributed by atoms with Gasteiger partial charge >= 0.3 is 0 Å². The molecule has 2 aliphatic rings. The van der Waals surface area contributed by atoms with Crippen LogP contribution < -0.4 is 5.32 Å². The summed E-state index contributed by atoms with van der Waals surface area (Å²) < 4.78 is 33.6. The number of hydrogen-bond acceptors (Lipinski definition) is 5. The molecule has 6 nitrogen and oxygen atoms in total. The van der Waals surface area contributed by atoms with Crippen LogP contribution in [0.15, 0.2) is 20.1 Å². The van der Waals surface area contributed by atoms with E-state index < -0.39 is 10.0 Å². The van der Waals surface area contributed by atoms with E-state index in [4.69, 9.17) is 4.74 Å². The highest BCUT2D eigenvalue weighted by atomic mass is 79.9. The first kappa shape index (κ1) is 20.3. The molecule has 9 heteroatoms. The van der Waals surface area contributed by atoms with Gasteiger partial charge in [-0.25, -0.2) is 8.42 Å². The lowest BCUT2D eigenvalue weighted by atomic mass is 9.85. The standard InChI is InChI=1S/C17H25BrN2O4S2/c1-12(17(21)19-11-14-3-2-10-24-14)13-6-8-20(9-7-13)26(22,23)16-5-4-15(18)25-16/h4-5,12-14H,2-3,6-11H2,1H3,(H,19,21)/t12-,14+/m0/s1. The third-order valence-corrected chi connectivity index (χ3v) is 9.28. The van der Waals surface area contributed by atoms with Crippen LogP contribution >= 0.6 is 27.3 Å². The highest BCUT2D eigenvalue weighted by Crippen LogP contribution is 2.32. The van der Waals surface area contributed by atoms with E-state index in [2.05, 4.69) is 21.2 Å². The minimum Gasteiger partial charge on any atom is -0.376 e. The molecule has 2 saturated heterocycles. The molecular weight excluding hydrogens is 440 g/mol. The van der Waals surface area contributed by atoms with E-state index in [1.807, 2.05) is 6.92 Å². The molecule has 1 aromatic heterocycles. The molecular formula is C17H25BrN2O4S2. The first-order valence-electron chi connectivity index (χ1n) is 9.02. The van der Waals surface area contributed by atoms with Crippen LogP contribution in [-0.4, -0.2) is 51.0 Å². The molecule has 0 aliphatic carbocycles. The van der Waals surface area contributed by atoms with Crippen LogP contribution in [0.25, 0.3) is 0 Å². The van der Waals surface area contributed by atoms with E-state index in [-0.39, 0.29) is 23.8 Å².